The molecule has 12 heteroatoms. The molecule has 0 bridgehead atoms. The summed E-state index contributed by atoms with van der Waals surface area (Å²) in [4.78, 5) is 70.4. The van der Waals surface area contributed by atoms with Crippen molar-refractivity contribution in [2.45, 2.75) is 83.8 Å². The highest BCUT2D eigenvalue weighted by Gasteiger charge is 2.41. The predicted octanol–water partition coefficient (Wildman–Crippen LogP) is 4.76. The van der Waals surface area contributed by atoms with Gasteiger partial charge in [0.15, 0.2) is 0 Å². The molecule has 0 spiro atoms. The van der Waals surface area contributed by atoms with Gasteiger partial charge in [0, 0.05) is 43.7 Å². The molecule has 0 radical (unpaired) electrons. The third kappa shape index (κ3) is 10.1. The maximum absolute atomic E-state index is 14.3. The van der Waals surface area contributed by atoms with Gasteiger partial charge in [0.25, 0.3) is 0 Å². The van der Waals surface area contributed by atoms with E-state index >= 15 is 0 Å². The molecule has 1 aliphatic heterocycles. The zero-order chi connectivity index (χ0) is 37.7. The van der Waals surface area contributed by atoms with Crippen LogP contribution >= 0.6 is 0 Å². The second kappa shape index (κ2) is 16.3. The summed E-state index contributed by atoms with van der Waals surface area (Å²) in [6, 6.07) is 11.3. The molecule has 1 unspecified atom stereocenters. The van der Waals surface area contributed by atoms with Crippen molar-refractivity contribution in [2.75, 3.05) is 52.2 Å². The van der Waals surface area contributed by atoms with Gasteiger partial charge in [-0.15, -0.1) is 0 Å². The molecule has 12 nitrogen and oxygen atoms in total. The Morgan fingerprint density at radius 1 is 0.902 bits per heavy atom. The molecule has 1 fully saturated rings. The lowest BCUT2D eigenvalue weighted by Gasteiger charge is -2.41. The number of nitrogens with zero attached hydrogens (tertiary/aromatic N) is 3. The van der Waals surface area contributed by atoms with E-state index in [1.807, 2.05) is 71.8 Å². The van der Waals surface area contributed by atoms with E-state index in [1.165, 1.54) is 0 Å². The number of nitrogens with one attached hydrogen (secondary N) is 2. The molecule has 1 heterocycles. The van der Waals surface area contributed by atoms with Gasteiger partial charge in [0.2, 0.25) is 17.7 Å². The monoisotopic (exact) mass is 705 g/mol. The molecular formula is C39H55N5O7. The number of aromatic carboxylic acids is 1. The van der Waals surface area contributed by atoms with Crippen LogP contribution in [0, 0.1) is 11.8 Å². The second-order valence-corrected chi connectivity index (χ2v) is 15.8. The van der Waals surface area contributed by atoms with Crippen LogP contribution < -0.4 is 15.5 Å². The molecule has 2 aliphatic rings. The van der Waals surface area contributed by atoms with Crippen LogP contribution in [0.2, 0.25) is 0 Å². The Morgan fingerprint density at radius 2 is 1.55 bits per heavy atom. The van der Waals surface area contributed by atoms with Crippen LogP contribution in [-0.4, -0.2) is 97.6 Å². The summed E-state index contributed by atoms with van der Waals surface area (Å²) in [5.41, 5.74) is 2.23. The topological polar surface area (TPSA) is 149 Å². The number of anilines is 1. The summed E-state index contributed by atoms with van der Waals surface area (Å²) in [6.45, 7) is 10.7. The number of carbonyl (C=O) groups is 5. The average Bonchev–Trinajstić information content (AvgIpc) is 3.07. The lowest BCUT2D eigenvalue weighted by molar-refractivity contribution is -0.145. The van der Waals surface area contributed by atoms with Crippen LogP contribution in [0.5, 0.6) is 0 Å². The summed E-state index contributed by atoms with van der Waals surface area (Å²) in [5, 5.41) is 15.3. The van der Waals surface area contributed by atoms with Crippen LogP contribution in [0.15, 0.2) is 42.5 Å². The molecule has 2 aromatic carbocycles. The maximum atomic E-state index is 14.3. The number of rotatable bonds is 11. The third-order valence-electron chi connectivity index (χ3n) is 9.86. The number of alkyl carbamates (subject to hydrolysis) is 1. The lowest BCUT2D eigenvalue weighted by atomic mass is 9.80. The average molecular weight is 706 g/mol. The van der Waals surface area contributed by atoms with E-state index in [0.29, 0.717) is 37.9 Å². The van der Waals surface area contributed by atoms with Crippen molar-refractivity contribution >= 4 is 35.5 Å². The quantitative estimate of drug-likeness (QED) is 0.303. The fraction of sp³-hybridized carbons (Fsp3) is 0.564. The largest absolute Gasteiger partial charge is 0.478 e. The van der Waals surface area contributed by atoms with Gasteiger partial charge in [-0.2, -0.15) is 0 Å². The van der Waals surface area contributed by atoms with E-state index in [9.17, 15) is 29.1 Å². The zero-order valence-corrected chi connectivity index (χ0v) is 31.4. The molecule has 1 saturated carbocycles. The minimum atomic E-state index is -1.01. The van der Waals surface area contributed by atoms with E-state index in [0.717, 1.165) is 29.7 Å². The standard InChI is InChI=1S/C39H55N5O7/c1-38(2,3)51-37(50)40-22-25-12-14-26(15-13-25)35(47)44-21-20-29-30(10-9-11-31(29)43(8)32(45)23-42(6)7)33(44)34(46)41-24-39(4,5)28-18-16-27(17-19-28)36(48)49/h9-11,16-19,25-26,33H,12-15,20-24H2,1-8H3,(H,40,50)(H,41,46)(H,48,49). The Balaban J connectivity index is 1.55. The van der Waals surface area contributed by atoms with Crippen molar-refractivity contribution in [3.05, 3.63) is 64.7 Å². The van der Waals surface area contributed by atoms with E-state index in [2.05, 4.69) is 10.6 Å². The van der Waals surface area contributed by atoms with Crippen molar-refractivity contribution < 1.29 is 33.8 Å². The Labute approximate surface area is 301 Å². The molecule has 0 saturated heterocycles. The Hall–Kier alpha value is -4.45. The summed E-state index contributed by atoms with van der Waals surface area (Å²) < 4.78 is 5.37. The number of likely N-dealkylation sites (N-methyl/N-ethyl adjacent to an activating group) is 2. The molecule has 2 aromatic rings. The van der Waals surface area contributed by atoms with Crippen molar-refractivity contribution in [2.24, 2.45) is 11.8 Å². The summed E-state index contributed by atoms with van der Waals surface area (Å²) >= 11 is 0. The molecule has 4 rings (SSSR count). The van der Waals surface area contributed by atoms with E-state index < -0.39 is 29.1 Å². The van der Waals surface area contributed by atoms with E-state index in [-0.39, 0.29) is 48.2 Å². The first-order valence-electron chi connectivity index (χ1n) is 17.8. The van der Waals surface area contributed by atoms with Gasteiger partial charge in [-0.05, 0) is 108 Å². The van der Waals surface area contributed by atoms with Crippen LogP contribution in [0.3, 0.4) is 0 Å². The fourth-order valence-electron chi connectivity index (χ4n) is 6.96. The molecule has 0 aromatic heterocycles. The minimum Gasteiger partial charge on any atom is -0.478 e. The van der Waals surface area contributed by atoms with Crippen molar-refractivity contribution in [1.29, 1.82) is 0 Å². The number of carboxylic acid groups (broad SMARTS) is 1. The zero-order valence-electron chi connectivity index (χ0n) is 31.4. The van der Waals surface area contributed by atoms with E-state index in [1.54, 1.807) is 41.1 Å². The SMILES string of the molecule is CN(C)CC(=O)N(C)c1cccc2c1CCN(C(=O)C1CCC(CNC(=O)OC(C)(C)C)CC1)C2C(=O)NCC(C)(C)c1ccc(C(=O)O)cc1. The summed E-state index contributed by atoms with van der Waals surface area (Å²) in [5.74, 6) is -1.49. The highest BCUT2D eigenvalue weighted by Crippen LogP contribution is 2.39. The minimum absolute atomic E-state index is 0.0645. The van der Waals surface area contributed by atoms with Crippen molar-refractivity contribution in [3.8, 4) is 0 Å². The van der Waals surface area contributed by atoms with Crippen LogP contribution in [0.1, 0.15) is 93.4 Å². The number of carboxylic acids is 1. The number of hydrogen-bond donors (Lipinski definition) is 3. The number of benzene rings is 2. The normalized spacial score (nSPS) is 19.2. The van der Waals surface area contributed by atoms with Gasteiger partial charge in [-0.3, -0.25) is 14.4 Å². The van der Waals surface area contributed by atoms with Gasteiger partial charge < -0.3 is 35.2 Å². The Kier molecular flexibility index (Phi) is 12.5. The first-order valence-corrected chi connectivity index (χ1v) is 17.8. The van der Waals surface area contributed by atoms with Gasteiger partial charge >= 0.3 is 12.1 Å². The maximum Gasteiger partial charge on any atom is 0.407 e. The van der Waals surface area contributed by atoms with Gasteiger partial charge in [0.05, 0.1) is 12.1 Å². The van der Waals surface area contributed by atoms with Crippen LogP contribution in [0.25, 0.3) is 0 Å². The predicted molar refractivity (Wildman–Crippen MR) is 196 cm³/mol. The number of ether oxygens (including phenoxy) is 1. The highest BCUT2D eigenvalue weighted by molar-refractivity contribution is 5.96. The van der Waals surface area contributed by atoms with Crippen molar-refractivity contribution in [3.63, 3.8) is 0 Å². The molecule has 1 aliphatic carbocycles. The smallest absolute Gasteiger partial charge is 0.407 e. The summed E-state index contributed by atoms with van der Waals surface area (Å²) in [6.07, 6.45) is 2.89. The number of fused-ring (bicyclic) bond motifs is 1. The number of amides is 4. The van der Waals surface area contributed by atoms with Gasteiger partial charge in [-0.25, -0.2) is 9.59 Å². The third-order valence-corrected chi connectivity index (χ3v) is 9.86. The highest BCUT2D eigenvalue weighted by atomic mass is 16.6. The number of carbonyl (C=O) groups excluding carboxylic acids is 4. The van der Waals surface area contributed by atoms with Crippen LogP contribution in [-0.2, 0) is 31.0 Å². The van der Waals surface area contributed by atoms with Gasteiger partial charge in [0.1, 0.15) is 11.6 Å². The van der Waals surface area contributed by atoms with Gasteiger partial charge in [-0.1, -0.05) is 38.1 Å². The first kappa shape index (κ1) is 39.3. The van der Waals surface area contributed by atoms with Crippen LogP contribution in [0.4, 0.5) is 10.5 Å². The summed E-state index contributed by atoms with van der Waals surface area (Å²) in [7, 11) is 5.41. The number of hydrogen-bond acceptors (Lipinski definition) is 7. The molecule has 4 amide bonds. The molecule has 1 atom stereocenters. The molecule has 3 N–H and O–H groups in total. The fourth-order valence-corrected chi connectivity index (χ4v) is 6.96. The molecular weight excluding hydrogens is 650 g/mol. The lowest BCUT2D eigenvalue weighted by Crippen LogP contribution is -2.51. The Morgan fingerprint density at radius 3 is 2.14 bits per heavy atom. The van der Waals surface area contributed by atoms with E-state index in [4.69, 9.17) is 4.74 Å². The Bertz CT molecular complexity index is 1590. The molecule has 278 valence electrons. The first-order chi connectivity index (χ1) is 23.9. The second-order valence-electron chi connectivity index (χ2n) is 15.8. The molecule has 51 heavy (non-hydrogen) atoms. The van der Waals surface area contributed by atoms with Crippen molar-refractivity contribution in [1.82, 2.24) is 20.4 Å².